The van der Waals surface area contributed by atoms with Gasteiger partial charge in [0.15, 0.2) is 11.5 Å². The molecule has 1 saturated heterocycles. The molecule has 166 valence electrons. The van der Waals surface area contributed by atoms with Crippen molar-refractivity contribution in [3.05, 3.63) is 23.3 Å². The van der Waals surface area contributed by atoms with Crippen molar-refractivity contribution in [1.29, 1.82) is 0 Å². The van der Waals surface area contributed by atoms with E-state index in [1.54, 1.807) is 19.1 Å². The Bertz CT molecular complexity index is 782. The summed E-state index contributed by atoms with van der Waals surface area (Å²) < 4.78 is 16.3. The Kier molecular flexibility index (Phi) is 6.63. The Morgan fingerprint density at radius 2 is 1.40 bits per heavy atom. The van der Waals surface area contributed by atoms with E-state index < -0.39 is 5.60 Å². The van der Waals surface area contributed by atoms with Crippen LogP contribution in [0.4, 0.5) is 9.59 Å². The molecule has 0 aliphatic carbocycles. The average molecular weight is 420 g/mol. The van der Waals surface area contributed by atoms with Crippen LogP contribution in [0.2, 0.25) is 0 Å². The van der Waals surface area contributed by atoms with E-state index in [-0.39, 0.29) is 12.1 Å². The number of carbonyl (C=O) groups is 2. The lowest BCUT2D eigenvalue weighted by Gasteiger charge is -2.37. The maximum absolute atomic E-state index is 13.2. The van der Waals surface area contributed by atoms with E-state index in [0.29, 0.717) is 50.8 Å². The summed E-state index contributed by atoms with van der Waals surface area (Å²) in [5.41, 5.74) is 1.76. The van der Waals surface area contributed by atoms with Gasteiger partial charge in [-0.1, -0.05) is 0 Å². The molecule has 0 aromatic heterocycles. The third kappa shape index (κ3) is 5.09. The molecular weight excluding hydrogens is 386 g/mol. The highest BCUT2D eigenvalue weighted by Gasteiger charge is 2.30. The number of hydrogen-bond acceptors (Lipinski definition) is 5. The van der Waals surface area contributed by atoms with Crippen LogP contribution in [0, 0.1) is 0 Å². The molecule has 0 N–H and O–H groups in total. The number of nitrogens with zero attached hydrogens (tertiary/aromatic N) is 3. The summed E-state index contributed by atoms with van der Waals surface area (Å²) in [6.45, 7) is 8.78. The minimum Gasteiger partial charge on any atom is -0.493 e. The van der Waals surface area contributed by atoms with Gasteiger partial charge in [0.1, 0.15) is 5.60 Å². The minimum atomic E-state index is -0.521. The van der Waals surface area contributed by atoms with Crippen LogP contribution >= 0.6 is 0 Å². The van der Waals surface area contributed by atoms with Crippen LogP contribution in [0.3, 0.4) is 0 Å². The first-order chi connectivity index (χ1) is 14.2. The summed E-state index contributed by atoms with van der Waals surface area (Å²) in [7, 11) is 3.25. The van der Waals surface area contributed by atoms with Gasteiger partial charge in [0, 0.05) is 39.3 Å². The first-order valence-electron chi connectivity index (χ1n) is 10.5. The van der Waals surface area contributed by atoms with Gasteiger partial charge in [-0.05, 0) is 56.9 Å². The number of carbonyl (C=O) groups excluding carboxylic acids is 2. The number of rotatable bonds is 2. The van der Waals surface area contributed by atoms with Gasteiger partial charge < -0.3 is 28.9 Å². The van der Waals surface area contributed by atoms with Gasteiger partial charge in [-0.3, -0.25) is 0 Å². The van der Waals surface area contributed by atoms with Crippen LogP contribution in [0.25, 0.3) is 0 Å². The van der Waals surface area contributed by atoms with Crippen molar-refractivity contribution in [2.24, 2.45) is 0 Å². The van der Waals surface area contributed by atoms with Crippen molar-refractivity contribution < 1.29 is 23.8 Å². The summed E-state index contributed by atoms with van der Waals surface area (Å²) in [5, 5.41) is 0. The van der Waals surface area contributed by atoms with Crippen molar-refractivity contribution in [3.8, 4) is 11.5 Å². The van der Waals surface area contributed by atoms with Crippen molar-refractivity contribution in [2.45, 2.75) is 45.8 Å². The second-order valence-corrected chi connectivity index (χ2v) is 8.74. The molecule has 2 aliphatic rings. The molecule has 0 bridgehead atoms. The third-order valence-electron chi connectivity index (χ3n) is 5.41. The monoisotopic (exact) mass is 419 g/mol. The number of fused-ring (bicyclic) bond motifs is 1. The van der Waals surface area contributed by atoms with E-state index >= 15 is 0 Å². The molecule has 2 heterocycles. The predicted molar refractivity (Wildman–Crippen MR) is 113 cm³/mol. The number of hydrogen-bond donors (Lipinski definition) is 0. The van der Waals surface area contributed by atoms with Gasteiger partial charge in [0.2, 0.25) is 0 Å². The molecule has 1 aromatic carbocycles. The van der Waals surface area contributed by atoms with Gasteiger partial charge in [0.05, 0.1) is 14.2 Å². The zero-order valence-electron chi connectivity index (χ0n) is 18.7. The lowest BCUT2D eigenvalue weighted by atomic mass is 10.0. The second-order valence-electron chi connectivity index (χ2n) is 8.74. The highest BCUT2D eigenvalue weighted by molar-refractivity contribution is 5.75. The molecule has 3 rings (SSSR count). The molecule has 0 radical (unpaired) electrons. The quantitative estimate of drug-likeness (QED) is 0.737. The molecule has 0 unspecified atom stereocenters. The molecule has 3 amide bonds. The smallest absolute Gasteiger partial charge is 0.410 e. The predicted octanol–water partition coefficient (Wildman–Crippen LogP) is 3.12. The normalized spacial score (nSPS) is 17.2. The molecule has 8 nitrogen and oxygen atoms in total. The zero-order valence-corrected chi connectivity index (χ0v) is 18.7. The minimum absolute atomic E-state index is 0.0153. The van der Waals surface area contributed by atoms with E-state index in [2.05, 4.69) is 0 Å². The standard InChI is InChI=1S/C22H33N3O5/c1-22(2,3)30-21(27)24-11-9-23(10-12-24)20(26)25-8-6-7-16-13-18(28-4)19(29-5)14-17(16)15-25/h13-14H,6-12,15H2,1-5H3. The van der Waals surface area contributed by atoms with Crippen LogP contribution in [0.1, 0.15) is 38.3 Å². The largest absolute Gasteiger partial charge is 0.493 e. The lowest BCUT2D eigenvalue weighted by Crippen LogP contribution is -2.54. The summed E-state index contributed by atoms with van der Waals surface area (Å²) in [6, 6.07) is 4.00. The van der Waals surface area contributed by atoms with E-state index in [1.807, 2.05) is 42.7 Å². The van der Waals surface area contributed by atoms with Crippen LogP contribution < -0.4 is 9.47 Å². The second kappa shape index (κ2) is 9.02. The molecule has 0 spiro atoms. The molecule has 8 heteroatoms. The first-order valence-corrected chi connectivity index (χ1v) is 10.5. The molecule has 1 aromatic rings. The summed E-state index contributed by atoms with van der Waals surface area (Å²) in [4.78, 5) is 30.8. The van der Waals surface area contributed by atoms with Gasteiger partial charge in [-0.25, -0.2) is 9.59 Å². The summed E-state index contributed by atoms with van der Waals surface area (Å²) in [5.74, 6) is 1.39. The van der Waals surface area contributed by atoms with Crippen molar-refractivity contribution in [3.63, 3.8) is 0 Å². The van der Waals surface area contributed by atoms with Gasteiger partial charge in [-0.2, -0.15) is 0 Å². The van der Waals surface area contributed by atoms with E-state index in [0.717, 1.165) is 18.4 Å². The molecular formula is C22H33N3O5. The maximum atomic E-state index is 13.2. The Morgan fingerprint density at radius 1 is 0.833 bits per heavy atom. The van der Waals surface area contributed by atoms with E-state index in [4.69, 9.17) is 14.2 Å². The topological polar surface area (TPSA) is 71.6 Å². The Morgan fingerprint density at radius 3 is 1.97 bits per heavy atom. The zero-order chi connectivity index (χ0) is 21.9. The number of ether oxygens (including phenoxy) is 3. The molecule has 2 aliphatic heterocycles. The lowest BCUT2D eigenvalue weighted by molar-refractivity contribution is 0.0156. The van der Waals surface area contributed by atoms with Crippen molar-refractivity contribution in [1.82, 2.24) is 14.7 Å². The first kappa shape index (κ1) is 22.1. The number of methoxy groups -OCH3 is 2. The molecule has 30 heavy (non-hydrogen) atoms. The van der Waals surface area contributed by atoms with Crippen molar-refractivity contribution >= 4 is 12.1 Å². The van der Waals surface area contributed by atoms with Crippen LogP contribution in [0.15, 0.2) is 12.1 Å². The molecule has 1 fully saturated rings. The fourth-order valence-electron chi connectivity index (χ4n) is 3.86. The highest BCUT2D eigenvalue weighted by Crippen LogP contribution is 2.33. The van der Waals surface area contributed by atoms with Gasteiger partial charge in [0.25, 0.3) is 0 Å². The number of piperazine rings is 1. The van der Waals surface area contributed by atoms with Crippen LogP contribution in [0.5, 0.6) is 11.5 Å². The highest BCUT2D eigenvalue weighted by atomic mass is 16.6. The number of aryl methyl sites for hydroxylation is 1. The number of amides is 3. The molecule has 0 saturated carbocycles. The van der Waals surface area contributed by atoms with Crippen LogP contribution in [-0.4, -0.2) is 79.4 Å². The fourth-order valence-corrected chi connectivity index (χ4v) is 3.86. The number of urea groups is 1. The molecule has 0 atom stereocenters. The van der Waals surface area contributed by atoms with Gasteiger partial charge in [-0.15, -0.1) is 0 Å². The Balaban J connectivity index is 1.63. The van der Waals surface area contributed by atoms with E-state index in [1.165, 1.54) is 5.56 Å². The van der Waals surface area contributed by atoms with E-state index in [9.17, 15) is 9.59 Å². The Hall–Kier alpha value is -2.64. The average Bonchev–Trinajstić information content (AvgIpc) is 2.92. The Labute approximate surface area is 178 Å². The third-order valence-corrected chi connectivity index (χ3v) is 5.41. The van der Waals surface area contributed by atoms with Crippen molar-refractivity contribution in [2.75, 3.05) is 46.9 Å². The van der Waals surface area contributed by atoms with Gasteiger partial charge >= 0.3 is 12.1 Å². The fraction of sp³-hybridized carbons (Fsp3) is 0.636. The SMILES string of the molecule is COc1cc2c(cc1OC)CN(C(=O)N1CCN(C(=O)OC(C)(C)C)CC1)CCC2. The van der Waals surface area contributed by atoms with Crippen LogP contribution in [-0.2, 0) is 17.7 Å². The maximum Gasteiger partial charge on any atom is 0.410 e. The number of benzene rings is 1. The summed E-state index contributed by atoms with van der Waals surface area (Å²) in [6.07, 6.45) is 1.47. The summed E-state index contributed by atoms with van der Waals surface area (Å²) >= 11 is 0.